The summed E-state index contributed by atoms with van der Waals surface area (Å²) in [6, 6.07) is 10.3. The zero-order valence-corrected chi connectivity index (χ0v) is 12.4. The van der Waals surface area contributed by atoms with Crippen molar-refractivity contribution in [1.29, 1.82) is 0 Å². The van der Waals surface area contributed by atoms with Crippen LogP contribution in [0.25, 0.3) is 0 Å². The van der Waals surface area contributed by atoms with E-state index < -0.39 is 7.81 Å². The first-order valence-corrected chi connectivity index (χ1v) is 7.17. The van der Waals surface area contributed by atoms with E-state index in [9.17, 15) is 25.2 Å². The molecule has 0 fully saturated rings. The maximum atomic E-state index is 9.87. The Hall–Kier alpha value is -0.771. The number of benzene rings is 1. The molecule has 0 nitrogen and oxygen atoms in total. The Labute approximate surface area is 124 Å². The van der Waals surface area contributed by atoms with Gasteiger partial charge in [-0.15, -0.1) is 6.42 Å². The van der Waals surface area contributed by atoms with Crippen LogP contribution >= 0.6 is 7.81 Å². The first kappa shape index (κ1) is 21.5. The van der Waals surface area contributed by atoms with Gasteiger partial charge in [0.15, 0.2) is 0 Å². The third-order valence-corrected chi connectivity index (χ3v) is 1.53. The van der Waals surface area contributed by atoms with Crippen molar-refractivity contribution in [3.8, 4) is 0 Å². The summed E-state index contributed by atoms with van der Waals surface area (Å²) in [5.41, 5.74) is 1.32. The van der Waals surface area contributed by atoms with Gasteiger partial charge >= 0.3 is 50.1 Å². The molecule has 116 valence electrons. The van der Waals surface area contributed by atoms with E-state index in [2.05, 4.69) is 31.2 Å². The molecule has 0 aromatic heterocycles. The summed E-state index contributed by atoms with van der Waals surface area (Å²) in [6.07, 6.45) is 10.0. The summed E-state index contributed by atoms with van der Waals surface area (Å²) in [5, 5.41) is 0. The molecule has 0 radical (unpaired) electrons. The summed E-state index contributed by atoms with van der Waals surface area (Å²) in [7, 11) is -10.7. The van der Waals surface area contributed by atoms with E-state index in [1.54, 1.807) is 0 Å². The molecule has 1 aromatic rings. The van der Waals surface area contributed by atoms with E-state index in [-0.39, 0.29) is 17.1 Å². The average molecular weight is 358 g/mol. The molecule has 8 heteroatoms. The summed E-state index contributed by atoms with van der Waals surface area (Å²) < 4.78 is 59.2. The van der Waals surface area contributed by atoms with Crippen molar-refractivity contribution in [3.63, 3.8) is 0 Å². The van der Waals surface area contributed by atoms with Crippen LogP contribution < -0.4 is 0 Å². The van der Waals surface area contributed by atoms with Gasteiger partial charge in [0.25, 0.3) is 0 Å². The molecule has 1 aliphatic rings. The fourth-order valence-electron chi connectivity index (χ4n) is 0.875. The van der Waals surface area contributed by atoms with Gasteiger partial charge in [-0.2, -0.15) is 6.08 Å². The van der Waals surface area contributed by atoms with E-state index in [0.717, 1.165) is 6.42 Å². The number of halogens is 6. The van der Waals surface area contributed by atoms with Crippen LogP contribution in [0.5, 0.6) is 0 Å². The third kappa shape index (κ3) is 30.3. The van der Waals surface area contributed by atoms with Crippen LogP contribution in [-0.4, -0.2) is 0 Å². The van der Waals surface area contributed by atoms with E-state index in [1.165, 1.54) is 5.56 Å². The van der Waals surface area contributed by atoms with E-state index in [4.69, 9.17) is 0 Å². The van der Waals surface area contributed by atoms with Crippen LogP contribution in [0.15, 0.2) is 48.6 Å². The summed E-state index contributed by atoms with van der Waals surface area (Å²) >= 11 is 0. The smallest absolute Gasteiger partial charge is 0.273 e. The van der Waals surface area contributed by atoms with Gasteiger partial charge in [0.05, 0.1) is 0 Å². The zero-order valence-electron chi connectivity index (χ0n) is 10.4. The summed E-state index contributed by atoms with van der Waals surface area (Å²) in [5.74, 6) is 0. The molecule has 0 saturated heterocycles. The first-order valence-electron chi connectivity index (χ1n) is 5.14. The fourth-order valence-corrected chi connectivity index (χ4v) is 0.875. The summed E-state index contributed by atoms with van der Waals surface area (Å²) in [6.45, 7) is 2.08. The van der Waals surface area contributed by atoms with Crippen LogP contribution in [-0.2, 0) is 17.1 Å². The molecule has 2 rings (SSSR count). The number of aryl methyl sites for hydroxylation is 1. The molecule has 0 amide bonds. The van der Waals surface area contributed by atoms with Crippen molar-refractivity contribution in [2.45, 2.75) is 13.3 Å². The minimum atomic E-state index is -10.7. The van der Waals surface area contributed by atoms with Crippen LogP contribution in [0.4, 0.5) is 25.2 Å². The second-order valence-corrected chi connectivity index (χ2v) is 5.53. The van der Waals surface area contributed by atoms with Crippen LogP contribution in [0.3, 0.4) is 0 Å². The molecule has 1 aliphatic carbocycles. The molecular weight excluding hydrogens is 345 g/mol. The minimum Gasteiger partial charge on any atom is -0.273 e. The van der Waals surface area contributed by atoms with Crippen LogP contribution in [0, 0.1) is 13.0 Å². The normalized spacial score (nSPS) is 15.6. The molecule has 0 N–H and O–H groups in total. The second-order valence-electron chi connectivity index (χ2n) is 3.62. The topological polar surface area (TPSA) is 0 Å². The Kier molecular flexibility index (Phi) is 7.86. The van der Waals surface area contributed by atoms with Gasteiger partial charge in [0.1, 0.15) is 0 Å². The fraction of sp³-hybridized carbons (Fsp3) is 0.167. The predicted octanol–water partition coefficient (Wildman–Crippen LogP) is 6.68. The van der Waals surface area contributed by atoms with Crippen LogP contribution in [0.2, 0.25) is 0 Å². The molecule has 0 atom stereocenters. The average Bonchev–Trinajstić information content (AvgIpc) is 2.71. The molecule has 1 aromatic carbocycles. The van der Waals surface area contributed by atoms with Crippen molar-refractivity contribution in [2.24, 2.45) is 0 Å². The van der Waals surface area contributed by atoms with Crippen molar-refractivity contribution in [2.75, 3.05) is 0 Å². The molecule has 0 aliphatic heterocycles. The monoisotopic (exact) mass is 358 g/mol. The quantitative estimate of drug-likeness (QED) is 0.210. The Morgan fingerprint density at radius 2 is 1.40 bits per heavy atom. The van der Waals surface area contributed by atoms with Crippen LogP contribution in [0.1, 0.15) is 12.0 Å². The zero-order chi connectivity index (χ0) is 15.1. The van der Waals surface area contributed by atoms with Gasteiger partial charge in [-0.1, -0.05) is 35.9 Å². The Morgan fingerprint density at radius 1 is 0.950 bits per heavy atom. The van der Waals surface area contributed by atoms with Crippen molar-refractivity contribution in [3.05, 3.63) is 60.2 Å². The number of hydrogen-bond acceptors (Lipinski definition) is 0. The number of rotatable bonds is 0. The number of allylic oxidation sites excluding steroid dienone is 4. The molecule has 0 spiro atoms. The molecule has 0 unspecified atom stereocenters. The van der Waals surface area contributed by atoms with Gasteiger partial charge < -0.3 is 0 Å². The molecule has 20 heavy (non-hydrogen) atoms. The maximum Gasteiger partial charge on any atom is 2.00 e. The molecule has 0 saturated carbocycles. The molecule has 0 heterocycles. The third-order valence-electron chi connectivity index (χ3n) is 1.53. The maximum absolute atomic E-state index is 10.7. The van der Waals surface area contributed by atoms with E-state index >= 15 is 0 Å². The molecule has 0 bridgehead atoms. The predicted molar refractivity (Wildman–Crippen MR) is 66.3 cm³/mol. The van der Waals surface area contributed by atoms with Crippen molar-refractivity contribution < 1.29 is 42.3 Å². The number of hydrogen-bond donors (Lipinski definition) is 0. The SMILES string of the molecule is Cc1ccccc1.F[P-](F)(F)(F)(F)F.[C-]1=CC=CC1.[Fe+2]. The Morgan fingerprint density at radius 3 is 1.55 bits per heavy atom. The summed E-state index contributed by atoms with van der Waals surface area (Å²) in [4.78, 5) is 0. The minimum absolute atomic E-state index is 0. The van der Waals surface area contributed by atoms with E-state index in [0.29, 0.717) is 0 Å². The van der Waals surface area contributed by atoms with Gasteiger partial charge in [0, 0.05) is 0 Å². The van der Waals surface area contributed by atoms with Gasteiger partial charge in [-0.25, -0.2) is 12.2 Å². The largest absolute Gasteiger partial charge is 2.00 e. The van der Waals surface area contributed by atoms with Crippen molar-refractivity contribution >= 4 is 7.81 Å². The van der Waals surface area contributed by atoms with Crippen molar-refractivity contribution in [1.82, 2.24) is 0 Å². The van der Waals surface area contributed by atoms with Gasteiger partial charge in [0.2, 0.25) is 0 Å². The second kappa shape index (κ2) is 7.30. The van der Waals surface area contributed by atoms with Gasteiger partial charge in [-0.3, -0.25) is 6.08 Å². The van der Waals surface area contributed by atoms with Gasteiger partial charge in [-0.05, 0) is 6.92 Å². The Bertz CT molecular complexity index is 413. The standard InChI is InChI=1S/C7H8.C5H5.F6P.Fe/c1-7-5-3-2-4-6-7;1-2-4-5-3-1;1-7(2,3,4,5)6;/h2-6H,1H3;1-3H,4H2;;/q;2*-1;+2. The Balaban J connectivity index is 0. The first-order chi connectivity index (χ1) is 8.34. The van der Waals surface area contributed by atoms with E-state index in [1.807, 2.05) is 30.4 Å². The molecular formula is C12H13F6FeP.